The fourth-order valence-corrected chi connectivity index (χ4v) is 2.62. The molecule has 0 bridgehead atoms. The number of benzene rings is 1. The number of halogens is 2. The molecule has 0 spiro atoms. The topological polar surface area (TPSA) is 44.0 Å². The summed E-state index contributed by atoms with van der Waals surface area (Å²) < 4.78 is 16.3. The number of aryl methyl sites for hydroxylation is 2. The van der Waals surface area contributed by atoms with Crippen molar-refractivity contribution in [3.8, 4) is 0 Å². The minimum Gasteiger partial charge on any atom is -0.300 e. The molecule has 6 heteroatoms. The number of nitrogens with zero attached hydrogens (tertiary/aromatic N) is 2. The molecule has 0 N–H and O–H groups in total. The van der Waals surface area contributed by atoms with Gasteiger partial charge in [0.15, 0.2) is 0 Å². The zero-order valence-corrected chi connectivity index (χ0v) is 13.3. The maximum absolute atomic E-state index is 13.1. The summed E-state index contributed by atoms with van der Waals surface area (Å²) in [6.07, 6.45) is 1.55. The van der Waals surface area contributed by atoms with Crippen LogP contribution < -0.4 is 11.2 Å². The van der Waals surface area contributed by atoms with E-state index in [1.807, 2.05) is 29.5 Å². The second-order valence-electron chi connectivity index (χ2n) is 4.51. The van der Waals surface area contributed by atoms with Crippen molar-refractivity contribution < 1.29 is 4.39 Å². The van der Waals surface area contributed by atoms with E-state index in [1.54, 1.807) is 19.2 Å². The molecule has 1 heterocycles. The second-order valence-corrected chi connectivity index (χ2v) is 5.67. The second kappa shape index (κ2) is 5.90. The molecule has 0 amide bonds. The van der Waals surface area contributed by atoms with E-state index in [4.69, 9.17) is 0 Å². The van der Waals surface area contributed by atoms with Crippen LogP contribution in [0.15, 0.2) is 34.0 Å². The smallest absolute Gasteiger partial charge is 0.300 e. The van der Waals surface area contributed by atoms with Crippen molar-refractivity contribution in [2.45, 2.75) is 26.9 Å². The van der Waals surface area contributed by atoms with Crippen molar-refractivity contribution >= 4 is 22.6 Å². The minimum atomic E-state index is -0.346. The average Bonchev–Trinajstić information content (AvgIpc) is 2.41. The van der Waals surface area contributed by atoms with Gasteiger partial charge >= 0.3 is 5.69 Å². The van der Waals surface area contributed by atoms with Crippen LogP contribution in [0, 0.1) is 16.3 Å². The lowest BCUT2D eigenvalue weighted by Crippen LogP contribution is -2.41. The van der Waals surface area contributed by atoms with Gasteiger partial charge in [-0.2, -0.15) is 0 Å². The Hall–Kier alpha value is -1.44. The predicted octanol–water partition coefficient (Wildman–Crippen LogP) is 2.13. The van der Waals surface area contributed by atoms with Crippen molar-refractivity contribution in [2.24, 2.45) is 0 Å². The highest BCUT2D eigenvalue weighted by Crippen LogP contribution is 2.10. The SMILES string of the molecule is CCn1cc(I)c(=O)n(Cc2ccc(F)cc2C)c1=O. The summed E-state index contributed by atoms with van der Waals surface area (Å²) in [4.78, 5) is 24.3. The fourth-order valence-electron chi connectivity index (χ4n) is 1.99. The van der Waals surface area contributed by atoms with Crippen molar-refractivity contribution in [2.75, 3.05) is 0 Å². The van der Waals surface area contributed by atoms with E-state index < -0.39 is 0 Å². The van der Waals surface area contributed by atoms with Crippen molar-refractivity contribution in [3.63, 3.8) is 0 Å². The van der Waals surface area contributed by atoms with Gasteiger partial charge in [-0.3, -0.25) is 13.9 Å². The first kappa shape index (κ1) is 15.0. The molecule has 0 unspecified atom stereocenters. The zero-order valence-electron chi connectivity index (χ0n) is 11.2. The lowest BCUT2D eigenvalue weighted by molar-refractivity contribution is 0.591. The van der Waals surface area contributed by atoms with Gasteiger partial charge in [-0.1, -0.05) is 6.07 Å². The summed E-state index contributed by atoms with van der Waals surface area (Å²) in [7, 11) is 0. The van der Waals surface area contributed by atoms with Crippen molar-refractivity contribution in [3.05, 3.63) is 65.7 Å². The van der Waals surface area contributed by atoms with E-state index in [9.17, 15) is 14.0 Å². The monoisotopic (exact) mass is 388 g/mol. The van der Waals surface area contributed by atoms with Gasteiger partial charge in [0.05, 0.1) is 10.1 Å². The summed E-state index contributed by atoms with van der Waals surface area (Å²) in [5.74, 6) is -0.327. The predicted molar refractivity (Wildman–Crippen MR) is 83.6 cm³/mol. The van der Waals surface area contributed by atoms with E-state index in [0.717, 1.165) is 11.1 Å². The average molecular weight is 388 g/mol. The minimum absolute atomic E-state index is 0.153. The summed E-state index contributed by atoms with van der Waals surface area (Å²) in [6.45, 7) is 4.25. The molecule has 2 rings (SSSR count). The van der Waals surface area contributed by atoms with E-state index in [1.165, 1.54) is 21.3 Å². The molecular weight excluding hydrogens is 374 g/mol. The van der Waals surface area contributed by atoms with Crippen LogP contribution in [0.25, 0.3) is 0 Å². The van der Waals surface area contributed by atoms with Gasteiger partial charge in [0.2, 0.25) is 0 Å². The Kier molecular flexibility index (Phi) is 4.42. The highest BCUT2D eigenvalue weighted by Gasteiger charge is 2.10. The van der Waals surface area contributed by atoms with E-state index in [-0.39, 0.29) is 23.6 Å². The van der Waals surface area contributed by atoms with Gasteiger partial charge in [-0.05, 0) is 59.7 Å². The Bertz CT molecular complexity index is 765. The Morgan fingerprint density at radius 1 is 1.30 bits per heavy atom. The molecule has 0 fully saturated rings. The lowest BCUT2D eigenvalue weighted by Gasteiger charge is -2.11. The van der Waals surface area contributed by atoms with Crippen LogP contribution in [0.3, 0.4) is 0 Å². The number of hydrogen-bond acceptors (Lipinski definition) is 2. The summed E-state index contributed by atoms with van der Waals surface area (Å²) >= 11 is 1.92. The van der Waals surface area contributed by atoms with Gasteiger partial charge in [-0.25, -0.2) is 9.18 Å². The molecule has 0 saturated carbocycles. The zero-order chi connectivity index (χ0) is 14.9. The highest BCUT2D eigenvalue weighted by molar-refractivity contribution is 14.1. The summed E-state index contributed by atoms with van der Waals surface area (Å²) in [5, 5.41) is 0. The van der Waals surface area contributed by atoms with E-state index >= 15 is 0 Å². The summed E-state index contributed by atoms with van der Waals surface area (Å²) in [6, 6.07) is 4.33. The molecule has 1 aromatic heterocycles. The maximum atomic E-state index is 13.1. The molecule has 4 nitrogen and oxygen atoms in total. The first-order chi connectivity index (χ1) is 9.43. The summed E-state index contributed by atoms with van der Waals surface area (Å²) in [5.41, 5.74) is 0.819. The normalized spacial score (nSPS) is 10.8. The van der Waals surface area contributed by atoms with Crippen LogP contribution in [0.5, 0.6) is 0 Å². The molecule has 2 aromatic rings. The van der Waals surface area contributed by atoms with Gasteiger partial charge in [-0.15, -0.1) is 0 Å². The Morgan fingerprint density at radius 3 is 2.60 bits per heavy atom. The molecule has 1 aromatic carbocycles. The van der Waals surface area contributed by atoms with E-state index in [2.05, 4.69) is 0 Å². The first-order valence-electron chi connectivity index (χ1n) is 6.19. The fraction of sp³-hybridized carbons (Fsp3) is 0.286. The van der Waals surface area contributed by atoms with Crippen LogP contribution >= 0.6 is 22.6 Å². The van der Waals surface area contributed by atoms with Crippen LogP contribution in [-0.2, 0) is 13.1 Å². The Balaban J connectivity index is 2.56. The Labute approximate surface area is 129 Å². The third kappa shape index (κ3) is 2.84. The highest BCUT2D eigenvalue weighted by atomic mass is 127. The van der Waals surface area contributed by atoms with Gasteiger partial charge in [0.25, 0.3) is 5.56 Å². The lowest BCUT2D eigenvalue weighted by atomic mass is 10.1. The first-order valence-corrected chi connectivity index (χ1v) is 7.26. The molecule has 0 saturated heterocycles. The molecule has 0 radical (unpaired) electrons. The van der Waals surface area contributed by atoms with Crippen LogP contribution in [0.2, 0.25) is 0 Å². The maximum Gasteiger partial charge on any atom is 0.331 e. The van der Waals surface area contributed by atoms with Gasteiger partial charge < -0.3 is 0 Å². The molecule has 0 aliphatic rings. The molecular formula is C14H14FIN2O2. The molecule has 0 atom stereocenters. The number of aromatic nitrogens is 2. The van der Waals surface area contributed by atoms with Crippen molar-refractivity contribution in [1.82, 2.24) is 9.13 Å². The molecule has 0 aliphatic heterocycles. The third-order valence-electron chi connectivity index (χ3n) is 3.17. The van der Waals surface area contributed by atoms with Gasteiger partial charge in [0, 0.05) is 12.7 Å². The number of rotatable bonds is 3. The van der Waals surface area contributed by atoms with Crippen LogP contribution in [-0.4, -0.2) is 9.13 Å². The standard InChI is InChI=1S/C14H14FIN2O2/c1-3-17-8-12(16)13(19)18(14(17)20)7-10-4-5-11(15)6-9(10)2/h4-6,8H,3,7H2,1-2H3. The van der Waals surface area contributed by atoms with Crippen molar-refractivity contribution in [1.29, 1.82) is 0 Å². The molecule has 20 heavy (non-hydrogen) atoms. The largest absolute Gasteiger partial charge is 0.331 e. The van der Waals surface area contributed by atoms with E-state index in [0.29, 0.717) is 10.1 Å². The quantitative estimate of drug-likeness (QED) is 0.757. The number of hydrogen-bond donors (Lipinski definition) is 0. The molecule has 0 aliphatic carbocycles. The van der Waals surface area contributed by atoms with Gasteiger partial charge in [0.1, 0.15) is 5.82 Å². The van der Waals surface area contributed by atoms with Crippen LogP contribution in [0.1, 0.15) is 18.1 Å². The Morgan fingerprint density at radius 2 is 2.00 bits per heavy atom. The molecule has 106 valence electrons. The van der Waals surface area contributed by atoms with Crippen LogP contribution in [0.4, 0.5) is 4.39 Å². The third-order valence-corrected chi connectivity index (χ3v) is 3.91.